The van der Waals surface area contributed by atoms with E-state index in [2.05, 4.69) is 26.5 Å². The molecule has 0 spiro atoms. The van der Waals surface area contributed by atoms with Gasteiger partial charge in [0.05, 0.1) is 25.0 Å². The molecule has 0 aliphatic carbocycles. The van der Waals surface area contributed by atoms with Crippen molar-refractivity contribution in [3.8, 4) is 0 Å². The normalized spacial score (nSPS) is 19.2. The number of H-pyrrole nitrogens is 1. The monoisotopic (exact) mass is 302 g/mol. The molecule has 0 aromatic carbocycles. The molecule has 1 fully saturated rings. The average Bonchev–Trinajstić information content (AvgIpc) is 3.17. The third kappa shape index (κ3) is 3.76. The molecule has 0 bridgehead atoms. The molecule has 118 valence electrons. The van der Waals surface area contributed by atoms with Gasteiger partial charge in [-0.05, 0) is 44.5 Å². The molecule has 2 aromatic rings. The van der Waals surface area contributed by atoms with Crippen molar-refractivity contribution in [1.29, 1.82) is 0 Å². The maximum atomic E-state index is 12.0. The molecule has 1 aliphatic heterocycles. The predicted octanol–water partition coefficient (Wildman–Crippen LogP) is 1.81. The van der Waals surface area contributed by atoms with Gasteiger partial charge in [-0.15, -0.1) is 0 Å². The molecule has 3 heterocycles. The highest BCUT2D eigenvalue weighted by Crippen LogP contribution is 2.25. The highest BCUT2D eigenvalue weighted by molar-refractivity contribution is 5.77. The zero-order valence-corrected chi connectivity index (χ0v) is 12.8. The van der Waals surface area contributed by atoms with Gasteiger partial charge in [0.25, 0.3) is 0 Å². The van der Waals surface area contributed by atoms with E-state index in [1.807, 2.05) is 19.1 Å². The summed E-state index contributed by atoms with van der Waals surface area (Å²) in [4.78, 5) is 14.2. The van der Waals surface area contributed by atoms with E-state index in [9.17, 15) is 4.79 Å². The quantitative estimate of drug-likeness (QED) is 0.883. The summed E-state index contributed by atoms with van der Waals surface area (Å²) < 4.78 is 5.21. The Hall–Kier alpha value is -2.08. The number of aromatic amines is 1. The predicted molar refractivity (Wildman–Crippen MR) is 82.3 cm³/mol. The average molecular weight is 302 g/mol. The van der Waals surface area contributed by atoms with Crippen LogP contribution in [0.3, 0.4) is 0 Å². The fourth-order valence-electron chi connectivity index (χ4n) is 2.95. The second-order valence-electron chi connectivity index (χ2n) is 5.91. The van der Waals surface area contributed by atoms with Crippen molar-refractivity contribution in [2.24, 2.45) is 0 Å². The number of nitrogens with zero attached hydrogens (tertiary/aromatic N) is 2. The van der Waals surface area contributed by atoms with Crippen LogP contribution in [0.4, 0.5) is 0 Å². The minimum Gasteiger partial charge on any atom is -0.467 e. The fourth-order valence-corrected chi connectivity index (χ4v) is 2.95. The van der Waals surface area contributed by atoms with E-state index in [1.54, 1.807) is 6.26 Å². The third-order valence-corrected chi connectivity index (χ3v) is 4.06. The molecule has 6 nitrogen and oxygen atoms in total. The maximum absolute atomic E-state index is 12.0. The van der Waals surface area contributed by atoms with Crippen molar-refractivity contribution in [2.45, 2.75) is 32.2 Å². The molecule has 0 saturated carbocycles. The van der Waals surface area contributed by atoms with Gasteiger partial charge in [0.15, 0.2) is 0 Å². The number of piperidine rings is 1. The Morgan fingerprint density at radius 1 is 1.59 bits per heavy atom. The van der Waals surface area contributed by atoms with E-state index in [0.29, 0.717) is 19.0 Å². The van der Waals surface area contributed by atoms with Crippen LogP contribution in [-0.2, 0) is 11.3 Å². The lowest BCUT2D eigenvalue weighted by atomic mass is 9.94. The summed E-state index contributed by atoms with van der Waals surface area (Å²) in [6.07, 6.45) is 3.85. The number of hydrogen-bond acceptors (Lipinski definition) is 4. The number of aryl methyl sites for hydroxylation is 1. The van der Waals surface area contributed by atoms with Crippen LogP contribution in [0.15, 0.2) is 28.9 Å². The van der Waals surface area contributed by atoms with Crippen LogP contribution in [0.25, 0.3) is 0 Å². The van der Waals surface area contributed by atoms with Gasteiger partial charge in [-0.1, -0.05) is 0 Å². The second-order valence-corrected chi connectivity index (χ2v) is 5.91. The first-order chi connectivity index (χ1) is 10.7. The number of furan rings is 1. The molecule has 1 aliphatic rings. The number of amides is 1. The van der Waals surface area contributed by atoms with Crippen LogP contribution >= 0.6 is 0 Å². The van der Waals surface area contributed by atoms with Crippen LogP contribution in [0.5, 0.6) is 0 Å². The summed E-state index contributed by atoms with van der Waals surface area (Å²) in [5, 5.41) is 10.3. The molecule has 22 heavy (non-hydrogen) atoms. The highest BCUT2D eigenvalue weighted by Gasteiger charge is 2.24. The van der Waals surface area contributed by atoms with Crippen molar-refractivity contribution in [3.63, 3.8) is 0 Å². The molecule has 1 saturated heterocycles. The minimum absolute atomic E-state index is 0.0373. The molecular weight excluding hydrogens is 280 g/mol. The zero-order chi connectivity index (χ0) is 15.4. The Morgan fingerprint density at radius 2 is 2.50 bits per heavy atom. The van der Waals surface area contributed by atoms with Crippen molar-refractivity contribution in [1.82, 2.24) is 20.4 Å². The number of carbonyl (C=O) groups is 1. The lowest BCUT2D eigenvalue weighted by molar-refractivity contribution is -0.122. The van der Waals surface area contributed by atoms with Crippen LogP contribution in [-0.4, -0.2) is 40.6 Å². The number of carbonyl (C=O) groups excluding carboxylic acids is 1. The molecular formula is C16H22N4O2. The van der Waals surface area contributed by atoms with Gasteiger partial charge in [-0.2, -0.15) is 5.10 Å². The molecule has 1 unspecified atom stereocenters. The number of aromatic nitrogens is 2. The van der Waals surface area contributed by atoms with Crippen molar-refractivity contribution < 1.29 is 9.21 Å². The lowest BCUT2D eigenvalue weighted by Gasteiger charge is -2.31. The summed E-state index contributed by atoms with van der Waals surface area (Å²) in [5.41, 5.74) is 2.20. The Labute approximate surface area is 129 Å². The summed E-state index contributed by atoms with van der Waals surface area (Å²) in [5.74, 6) is 1.23. The summed E-state index contributed by atoms with van der Waals surface area (Å²) in [6, 6.07) is 5.78. The molecule has 1 atom stereocenters. The Balaban J connectivity index is 1.48. The minimum atomic E-state index is 0.0373. The van der Waals surface area contributed by atoms with Crippen molar-refractivity contribution in [3.05, 3.63) is 41.6 Å². The van der Waals surface area contributed by atoms with E-state index in [4.69, 9.17) is 4.42 Å². The van der Waals surface area contributed by atoms with E-state index in [0.717, 1.165) is 43.1 Å². The fraction of sp³-hybridized carbons (Fsp3) is 0.500. The standard InChI is InChI=1S/C16H22N4O2/c1-12-8-15(19-18-12)13-4-2-6-20(10-13)11-16(21)17-9-14-5-3-7-22-14/h3,5,7-8,13H,2,4,6,9-11H2,1H3,(H,17,21)(H,18,19). The zero-order valence-electron chi connectivity index (χ0n) is 12.8. The molecule has 0 radical (unpaired) electrons. The SMILES string of the molecule is Cc1cc(C2CCCN(CC(=O)NCc3ccco3)C2)n[nH]1. The number of nitrogens with one attached hydrogen (secondary N) is 2. The van der Waals surface area contributed by atoms with Crippen molar-refractivity contribution in [2.75, 3.05) is 19.6 Å². The number of likely N-dealkylation sites (tertiary alicyclic amines) is 1. The Morgan fingerprint density at radius 3 is 3.23 bits per heavy atom. The van der Waals surface area contributed by atoms with Gasteiger partial charge in [0.2, 0.25) is 5.91 Å². The molecule has 3 rings (SSSR count). The third-order valence-electron chi connectivity index (χ3n) is 4.06. The van der Waals surface area contributed by atoms with E-state index in [1.165, 1.54) is 0 Å². The van der Waals surface area contributed by atoms with Gasteiger partial charge < -0.3 is 9.73 Å². The highest BCUT2D eigenvalue weighted by atomic mass is 16.3. The molecule has 6 heteroatoms. The van der Waals surface area contributed by atoms with E-state index in [-0.39, 0.29) is 5.91 Å². The first-order valence-electron chi connectivity index (χ1n) is 7.74. The summed E-state index contributed by atoms with van der Waals surface area (Å²) >= 11 is 0. The van der Waals surface area contributed by atoms with E-state index >= 15 is 0 Å². The van der Waals surface area contributed by atoms with Crippen molar-refractivity contribution >= 4 is 5.91 Å². The van der Waals surface area contributed by atoms with Gasteiger partial charge in [-0.25, -0.2) is 0 Å². The summed E-state index contributed by atoms with van der Waals surface area (Å²) in [6.45, 7) is 4.74. The second kappa shape index (κ2) is 6.79. The van der Waals surface area contributed by atoms with Gasteiger partial charge in [-0.3, -0.25) is 14.8 Å². The molecule has 2 aromatic heterocycles. The van der Waals surface area contributed by atoms with Crippen LogP contribution in [0.2, 0.25) is 0 Å². The molecule has 1 amide bonds. The first-order valence-corrected chi connectivity index (χ1v) is 7.74. The van der Waals surface area contributed by atoms with Crippen LogP contribution in [0.1, 0.15) is 35.9 Å². The number of rotatable bonds is 5. The van der Waals surface area contributed by atoms with Crippen LogP contribution in [0, 0.1) is 6.92 Å². The molecule has 2 N–H and O–H groups in total. The van der Waals surface area contributed by atoms with Crippen LogP contribution < -0.4 is 5.32 Å². The smallest absolute Gasteiger partial charge is 0.234 e. The maximum Gasteiger partial charge on any atom is 0.234 e. The van der Waals surface area contributed by atoms with Gasteiger partial charge in [0, 0.05) is 18.2 Å². The topological polar surface area (TPSA) is 74.2 Å². The Kier molecular flexibility index (Phi) is 4.58. The first kappa shape index (κ1) is 14.8. The lowest BCUT2D eigenvalue weighted by Crippen LogP contribution is -2.41. The Bertz CT molecular complexity index is 605. The van der Waals surface area contributed by atoms with Gasteiger partial charge in [0.1, 0.15) is 5.76 Å². The van der Waals surface area contributed by atoms with Gasteiger partial charge >= 0.3 is 0 Å². The number of hydrogen-bond donors (Lipinski definition) is 2. The van der Waals surface area contributed by atoms with E-state index < -0.39 is 0 Å². The largest absolute Gasteiger partial charge is 0.467 e. The summed E-state index contributed by atoms with van der Waals surface area (Å²) in [7, 11) is 0.